The molecule has 2 aromatic carbocycles. The molecule has 0 aliphatic heterocycles. The first-order valence-corrected chi connectivity index (χ1v) is 53.1. The zero-order chi connectivity index (χ0) is 64.3. The number of hydrogen-bond acceptors (Lipinski definition) is 0. The van der Waals surface area contributed by atoms with Gasteiger partial charge in [0.15, 0.2) is 0 Å². The monoisotopic (exact) mass is 2720 g/mol. The van der Waals surface area contributed by atoms with Crippen molar-refractivity contribution in [1.82, 2.24) is 0 Å². The smallest absolute Gasteiger partial charge is 2.00 e. The normalized spacial score (nSPS) is 18.8. The van der Waals surface area contributed by atoms with Crippen LogP contribution < -0.4 is 0 Å². The predicted octanol–water partition coefficient (Wildman–Crippen LogP) is 28.7. The first-order chi connectivity index (χ1) is 44.4. The topological polar surface area (TPSA) is 0 Å². The van der Waals surface area contributed by atoms with Crippen molar-refractivity contribution in [2.75, 3.05) is 55.5 Å². The molecule has 0 spiro atoms. The molecular formula is C84H162P6S8W6-6. The molecule has 0 saturated heterocycles. The van der Waals surface area contributed by atoms with Gasteiger partial charge in [-0.15, -0.1) is 0 Å². The van der Waals surface area contributed by atoms with Gasteiger partial charge in [0, 0.05) is 108 Å². The summed E-state index contributed by atoms with van der Waals surface area (Å²) < 4.78 is 0. The largest absolute Gasteiger partial charge is 2.00 e. The van der Waals surface area contributed by atoms with Crippen LogP contribution in [0.4, 0.5) is 0 Å². The Kier molecular flexibility index (Phi) is 123. The van der Waals surface area contributed by atoms with E-state index in [9.17, 15) is 0 Å². The summed E-state index contributed by atoms with van der Waals surface area (Å²) in [4.78, 5) is 0. The van der Waals surface area contributed by atoms with Crippen molar-refractivity contribution in [2.24, 2.45) is 0 Å². The molecule has 0 nitrogen and oxygen atoms in total. The standard InChI is InChI=1S/3C18H33P.3C6H15P.2C6H6.8S.6W/c3*1-4-10-16(11-5-1)19(17-12-6-2-7-13-17)18-14-8-3-9-15-18;3*1-4-7(5-2)6-3;2*1-2-4-6-5-3-1;;;;;;;;;;;;;;/h3*16-18H,1-15H2;3*4-6H2,1-3H3;2*1-6H;;;;;;;;;;;;;;/q;;;;;;;;8*-2;;;;;2*+2/p+6. The molecule has 0 unspecified atom stereocenters. The van der Waals surface area contributed by atoms with Crippen LogP contribution in [0.5, 0.6) is 0 Å². The Morgan fingerprint density at radius 2 is 0.240 bits per heavy atom. The van der Waals surface area contributed by atoms with Gasteiger partial charge in [0.05, 0.1) is 106 Å². The fourth-order valence-electron chi connectivity index (χ4n) is 18.9. The Hall–Kier alpha value is 7.95. The second kappa shape index (κ2) is 94.8. The average Bonchev–Trinajstić information content (AvgIpc) is 0.839. The summed E-state index contributed by atoms with van der Waals surface area (Å²) in [7, 11) is 0.272. The maximum Gasteiger partial charge on any atom is 2.00 e. The summed E-state index contributed by atoms with van der Waals surface area (Å²) >= 11 is 0. The summed E-state index contributed by atoms with van der Waals surface area (Å²) in [6, 6.07) is 24.0. The molecule has 0 atom stereocenters. The van der Waals surface area contributed by atoms with E-state index < -0.39 is 0 Å². The van der Waals surface area contributed by atoms with Gasteiger partial charge in [-0.25, -0.2) is 0 Å². The van der Waals surface area contributed by atoms with Gasteiger partial charge in [-0.2, -0.15) is 0 Å². The van der Waals surface area contributed by atoms with Crippen LogP contribution in [0, 0.1) is 0 Å². The Morgan fingerprint density at radius 1 is 0.163 bits per heavy atom. The third-order valence-corrected chi connectivity index (χ3v) is 47.2. The third-order valence-electron chi connectivity index (χ3n) is 24.5. The molecule has 2 aromatic rings. The van der Waals surface area contributed by atoms with Gasteiger partial charge in [-0.1, -0.05) is 131 Å². The van der Waals surface area contributed by atoms with Crippen LogP contribution in [-0.4, -0.2) is 106 Å². The van der Waals surface area contributed by atoms with Crippen molar-refractivity contribution in [3.63, 3.8) is 0 Å². The van der Waals surface area contributed by atoms with Crippen LogP contribution in [0.3, 0.4) is 0 Å². The SMILES string of the molecule is C1CCC([PH+](C2CCCCC2)C2CCCCC2)CC1.C1CCC([PH+](C2CCCCC2)C2CCCCC2)CC1.C1CCC([PH+](C2CCCCC2)C2CCCCC2)CC1.CC[PH+](CC)CC.CC[PH+](CC)CC.CC[PH+](CC)CC.[S-2].[S-2].[S-2].[S-2].[S-2].[S-2].[S-2].[S-2].[W+2].[W+2].[W].[W].[W].[W].c1ccccc1.c1ccccc1. The van der Waals surface area contributed by atoms with E-state index in [0.717, 1.165) is 0 Å². The number of hydrogen-bond donors (Lipinski definition) is 0. The molecule has 9 fully saturated rings. The minimum Gasteiger partial charge on any atom is -2.00 e. The molecule has 9 aliphatic rings. The Morgan fingerprint density at radius 3 is 0.298 bits per heavy atom. The Balaban J connectivity index is -0.000000108. The van der Waals surface area contributed by atoms with E-state index in [-0.39, 0.29) is 282 Å². The van der Waals surface area contributed by atoms with Gasteiger partial charge in [0.25, 0.3) is 0 Å². The predicted molar refractivity (Wildman–Crippen MR) is 498 cm³/mol. The van der Waals surface area contributed by atoms with Crippen molar-refractivity contribution >= 4 is 155 Å². The quantitative estimate of drug-likeness (QED) is 0.131. The van der Waals surface area contributed by atoms with Crippen LogP contribution in [0.1, 0.15) is 351 Å². The van der Waals surface area contributed by atoms with Crippen molar-refractivity contribution in [3.05, 3.63) is 72.8 Å². The van der Waals surface area contributed by atoms with Crippen LogP contribution in [0.25, 0.3) is 0 Å². The van der Waals surface area contributed by atoms with E-state index in [1.165, 1.54) is 106 Å². The van der Waals surface area contributed by atoms with Crippen molar-refractivity contribution < 1.29 is 126 Å². The molecule has 0 N–H and O–H groups in total. The van der Waals surface area contributed by atoms with Gasteiger partial charge in [0.2, 0.25) is 0 Å². The summed E-state index contributed by atoms with van der Waals surface area (Å²) in [5, 5.41) is 0. The van der Waals surface area contributed by atoms with E-state index >= 15 is 0 Å². The molecule has 0 bridgehead atoms. The van der Waals surface area contributed by atoms with Gasteiger partial charge in [0.1, 0.15) is 0 Å². The molecule has 618 valence electrons. The first kappa shape index (κ1) is 135. The molecular weight excluding hydrogens is 2550 g/mol. The fourth-order valence-corrected chi connectivity index (χ4v) is 39.1. The zero-order valence-electron chi connectivity index (χ0n) is 68.0. The second-order valence-electron chi connectivity index (χ2n) is 30.3. The minimum atomic E-state index is -0.0465. The van der Waals surface area contributed by atoms with Gasteiger partial charge in [-0.3, -0.25) is 0 Å². The molecule has 9 saturated carbocycles. The third kappa shape index (κ3) is 61.3. The number of rotatable bonds is 18. The van der Waals surface area contributed by atoms with Crippen molar-refractivity contribution in [1.29, 1.82) is 0 Å². The van der Waals surface area contributed by atoms with Gasteiger partial charge in [-0.05, 0) is 317 Å². The molecule has 0 heterocycles. The van der Waals surface area contributed by atoms with Crippen LogP contribution in [0.15, 0.2) is 72.8 Å². The van der Waals surface area contributed by atoms with E-state index in [1.54, 1.807) is 289 Å². The fraction of sp³-hybridized carbons (Fsp3) is 0.857. The molecule has 11 rings (SSSR count). The Labute approximate surface area is 802 Å². The summed E-state index contributed by atoms with van der Waals surface area (Å²) in [5.41, 5.74) is 11.0. The van der Waals surface area contributed by atoms with Crippen LogP contribution in [-0.2, 0) is 234 Å². The maximum absolute atomic E-state index is 2.31. The van der Waals surface area contributed by atoms with Gasteiger partial charge < -0.3 is 108 Å². The summed E-state index contributed by atoms with van der Waals surface area (Å²) in [6.45, 7) is 20.8. The van der Waals surface area contributed by atoms with Crippen molar-refractivity contribution in [2.45, 2.75) is 402 Å². The van der Waals surface area contributed by atoms with Crippen LogP contribution in [0.2, 0.25) is 0 Å². The number of benzene rings is 2. The molecule has 0 amide bonds. The van der Waals surface area contributed by atoms with Crippen LogP contribution >= 0.6 is 47.5 Å². The summed E-state index contributed by atoms with van der Waals surface area (Å²) in [6.07, 6.45) is 84.5. The minimum absolute atomic E-state index is 0. The molecule has 20 heteroatoms. The van der Waals surface area contributed by atoms with Crippen molar-refractivity contribution in [3.8, 4) is 0 Å². The van der Waals surface area contributed by atoms with E-state index in [1.807, 2.05) is 72.8 Å². The van der Waals surface area contributed by atoms with E-state index in [0.29, 0.717) is 0 Å². The van der Waals surface area contributed by atoms with E-state index in [4.69, 9.17) is 0 Å². The molecule has 0 aromatic heterocycles. The summed E-state index contributed by atoms with van der Waals surface area (Å²) in [5.74, 6) is 0. The van der Waals surface area contributed by atoms with E-state index in [2.05, 4.69) is 62.3 Å². The molecule has 0 radical (unpaired) electrons. The average molecular weight is 2720 g/mol. The Bertz CT molecular complexity index is 1430. The molecule has 9 aliphatic carbocycles. The molecule has 104 heavy (non-hydrogen) atoms. The first-order valence-electron chi connectivity index (χ1n) is 41.5. The van der Waals surface area contributed by atoms with Gasteiger partial charge >= 0.3 is 42.1 Å². The maximum atomic E-state index is 2.31. The zero-order valence-corrected chi connectivity index (χ0v) is 98.2. The second-order valence-corrected chi connectivity index (χ2v) is 51.5.